The molecule has 0 bridgehead atoms. The second-order valence-electron chi connectivity index (χ2n) is 9.23. The van der Waals surface area contributed by atoms with Crippen LogP contribution in [0.25, 0.3) is 0 Å². The van der Waals surface area contributed by atoms with Crippen molar-refractivity contribution >= 4 is 27.6 Å². The van der Waals surface area contributed by atoms with Gasteiger partial charge < -0.3 is 9.84 Å². The number of rotatable bonds is 7. The average Bonchev–Trinajstić information content (AvgIpc) is 3.10. The van der Waals surface area contributed by atoms with Crippen molar-refractivity contribution in [1.82, 2.24) is 4.31 Å². The van der Waals surface area contributed by atoms with Crippen molar-refractivity contribution in [3.05, 3.63) is 24.3 Å². The third kappa shape index (κ3) is 4.39. The minimum Gasteiger partial charge on any atom is -0.494 e. The van der Waals surface area contributed by atoms with Crippen molar-refractivity contribution in [3.8, 4) is 5.75 Å². The molecule has 9 heteroatoms. The zero-order valence-electron chi connectivity index (χ0n) is 18.1. The summed E-state index contributed by atoms with van der Waals surface area (Å²) in [5.74, 6) is -1.61. The molecule has 0 radical (unpaired) electrons. The summed E-state index contributed by atoms with van der Waals surface area (Å²) in [5, 5.41) is 9.70. The molecule has 31 heavy (non-hydrogen) atoms. The van der Waals surface area contributed by atoms with Gasteiger partial charge in [0.2, 0.25) is 10.0 Å². The van der Waals surface area contributed by atoms with E-state index in [1.807, 2.05) is 6.92 Å². The highest BCUT2D eigenvalue weighted by atomic mass is 32.2. The number of ketones is 2. The number of carboxylic acids is 1. The minimum absolute atomic E-state index is 0.102. The number of Topliss-reactive ketones (excluding diaryl/α,β-unsaturated/α-hetero) is 2. The Morgan fingerprint density at radius 1 is 1.16 bits per heavy atom. The first-order chi connectivity index (χ1) is 14.4. The maximum atomic E-state index is 13.3. The number of sulfonamides is 1. The van der Waals surface area contributed by atoms with E-state index in [0.29, 0.717) is 12.4 Å². The molecule has 1 spiro atoms. The SMILES string of the molecule is CCCCOc1ccc(S(=O)(=O)N2CC3(C[C@@H]2C(=O)O)C(=O)CC(C)(C)CC3=O)cc1. The van der Waals surface area contributed by atoms with E-state index in [1.54, 1.807) is 13.8 Å². The highest BCUT2D eigenvalue weighted by molar-refractivity contribution is 7.89. The van der Waals surface area contributed by atoms with Crippen molar-refractivity contribution in [2.24, 2.45) is 10.8 Å². The van der Waals surface area contributed by atoms with Crippen LogP contribution in [0.1, 0.15) is 52.9 Å². The van der Waals surface area contributed by atoms with Gasteiger partial charge in [0, 0.05) is 19.4 Å². The van der Waals surface area contributed by atoms with E-state index >= 15 is 0 Å². The Morgan fingerprint density at radius 2 is 1.74 bits per heavy atom. The number of benzene rings is 1. The van der Waals surface area contributed by atoms with Gasteiger partial charge in [-0.3, -0.25) is 14.4 Å². The minimum atomic E-state index is -4.23. The fourth-order valence-electron chi connectivity index (χ4n) is 4.34. The number of hydrogen-bond acceptors (Lipinski definition) is 6. The van der Waals surface area contributed by atoms with Gasteiger partial charge in [0.05, 0.1) is 11.5 Å². The van der Waals surface area contributed by atoms with Crippen LogP contribution in [0.4, 0.5) is 0 Å². The van der Waals surface area contributed by atoms with Gasteiger partial charge in [-0.2, -0.15) is 4.31 Å². The first-order valence-corrected chi connectivity index (χ1v) is 11.9. The smallest absolute Gasteiger partial charge is 0.322 e. The molecular weight excluding hydrogens is 422 g/mol. The molecule has 1 heterocycles. The van der Waals surface area contributed by atoms with E-state index in [1.165, 1.54) is 24.3 Å². The number of aliphatic carboxylic acids is 1. The fraction of sp³-hybridized carbons (Fsp3) is 0.591. The molecule has 1 aromatic carbocycles. The monoisotopic (exact) mass is 451 g/mol. The predicted molar refractivity (Wildman–Crippen MR) is 112 cm³/mol. The summed E-state index contributed by atoms with van der Waals surface area (Å²) in [6, 6.07) is 4.27. The number of ether oxygens (including phenoxy) is 1. The van der Waals surface area contributed by atoms with Crippen LogP contribution < -0.4 is 4.74 Å². The molecule has 1 aliphatic heterocycles. The summed E-state index contributed by atoms with van der Waals surface area (Å²) in [6.07, 6.45) is 1.74. The summed E-state index contributed by atoms with van der Waals surface area (Å²) in [4.78, 5) is 37.7. The molecule has 8 nitrogen and oxygen atoms in total. The maximum Gasteiger partial charge on any atom is 0.322 e. The van der Waals surface area contributed by atoms with E-state index in [0.717, 1.165) is 17.1 Å². The summed E-state index contributed by atoms with van der Waals surface area (Å²) >= 11 is 0. The van der Waals surface area contributed by atoms with Crippen LogP contribution in [0, 0.1) is 10.8 Å². The number of unbranched alkanes of at least 4 members (excludes halogenated alkanes) is 1. The molecule has 2 aliphatic rings. The molecule has 1 atom stereocenters. The van der Waals surface area contributed by atoms with Crippen molar-refractivity contribution in [2.45, 2.75) is 63.8 Å². The molecule has 0 unspecified atom stereocenters. The molecule has 1 saturated heterocycles. The summed E-state index contributed by atoms with van der Waals surface area (Å²) < 4.78 is 32.9. The second-order valence-corrected chi connectivity index (χ2v) is 11.1. The van der Waals surface area contributed by atoms with Crippen LogP contribution >= 0.6 is 0 Å². The Labute approximate surface area is 182 Å². The second kappa shape index (κ2) is 8.35. The quantitative estimate of drug-likeness (QED) is 0.500. The Kier molecular flexibility index (Phi) is 6.30. The van der Waals surface area contributed by atoms with Gasteiger partial charge in [-0.25, -0.2) is 8.42 Å². The molecule has 3 rings (SSSR count). The molecule has 170 valence electrons. The standard InChI is InChI=1S/C22H29NO7S/c1-4-5-10-30-15-6-8-16(9-7-15)31(28,29)23-14-22(11-17(23)20(26)27)18(24)12-21(2,3)13-19(22)25/h6-9,17H,4-5,10-14H2,1-3H3,(H,26,27)/t17-/m1/s1. The summed E-state index contributed by atoms with van der Waals surface area (Å²) in [7, 11) is -4.23. The van der Waals surface area contributed by atoms with E-state index in [2.05, 4.69) is 0 Å². The lowest BCUT2D eigenvalue weighted by Gasteiger charge is -2.38. The van der Waals surface area contributed by atoms with Crippen LogP contribution in [-0.4, -0.2) is 54.6 Å². The number of carbonyl (C=O) groups excluding carboxylic acids is 2. The van der Waals surface area contributed by atoms with Gasteiger partial charge in [-0.1, -0.05) is 27.2 Å². The van der Waals surface area contributed by atoms with Crippen LogP contribution in [0.2, 0.25) is 0 Å². The predicted octanol–water partition coefficient (Wildman–Crippen LogP) is 2.66. The Hall–Kier alpha value is -2.26. The summed E-state index contributed by atoms with van der Waals surface area (Å²) in [6.45, 7) is 5.72. The third-order valence-corrected chi connectivity index (χ3v) is 8.01. The van der Waals surface area contributed by atoms with Crippen molar-refractivity contribution < 1.29 is 32.6 Å². The first kappa shape index (κ1) is 23.4. The molecule has 1 aromatic rings. The average molecular weight is 452 g/mol. The fourth-order valence-corrected chi connectivity index (χ4v) is 5.98. The molecule has 1 saturated carbocycles. The molecule has 0 amide bonds. The van der Waals surface area contributed by atoms with E-state index in [4.69, 9.17) is 4.74 Å². The van der Waals surface area contributed by atoms with E-state index < -0.39 is 39.4 Å². The van der Waals surface area contributed by atoms with Crippen LogP contribution in [0.3, 0.4) is 0 Å². The third-order valence-electron chi connectivity index (χ3n) is 6.14. The lowest BCUT2D eigenvalue weighted by atomic mass is 9.62. The Bertz CT molecular complexity index is 962. The highest BCUT2D eigenvalue weighted by Crippen LogP contribution is 2.48. The lowest BCUT2D eigenvalue weighted by molar-refractivity contribution is -0.147. The normalized spacial score (nSPS) is 23.3. The van der Waals surface area contributed by atoms with Gasteiger partial charge in [0.1, 0.15) is 28.8 Å². The van der Waals surface area contributed by atoms with Crippen molar-refractivity contribution in [2.75, 3.05) is 13.2 Å². The Balaban J connectivity index is 1.90. The molecule has 1 aliphatic carbocycles. The number of hydrogen-bond donors (Lipinski definition) is 1. The maximum absolute atomic E-state index is 13.3. The molecule has 1 N–H and O–H groups in total. The summed E-state index contributed by atoms with van der Waals surface area (Å²) in [5.41, 5.74) is -2.10. The van der Waals surface area contributed by atoms with Crippen molar-refractivity contribution in [3.63, 3.8) is 0 Å². The van der Waals surface area contributed by atoms with Gasteiger partial charge in [0.15, 0.2) is 0 Å². The van der Waals surface area contributed by atoms with E-state index in [-0.39, 0.29) is 35.7 Å². The van der Waals surface area contributed by atoms with Gasteiger partial charge >= 0.3 is 5.97 Å². The molecule has 0 aromatic heterocycles. The zero-order chi connectivity index (χ0) is 23.0. The number of carbonyl (C=O) groups is 3. The first-order valence-electron chi connectivity index (χ1n) is 10.5. The zero-order valence-corrected chi connectivity index (χ0v) is 18.9. The van der Waals surface area contributed by atoms with Gasteiger partial charge in [0.25, 0.3) is 0 Å². The molecule has 2 fully saturated rings. The molecular formula is C22H29NO7S. The van der Waals surface area contributed by atoms with Crippen molar-refractivity contribution in [1.29, 1.82) is 0 Å². The van der Waals surface area contributed by atoms with Gasteiger partial charge in [-0.05, 0) is 42.5 Å². The van der Waals surface area contributed by atoms with E-state index in [9.17, 15) is 27.9 Å². The lowest BCUT2D eigenvalue weighted by Crippen LogP contribution is -2.49. The van der Waals surface area contributed by atoms with Crippen LogP contribution in [0.5, 0.6) is 5.75 Å². The number of carboxylic acid groups (broad SMARTS) is 1. The van der Waals surface area contributed by atoms with Gasteiger partial charge in [-0.15, -0.1) is 0 Å². The van der Waals surface area contributed by atoms with Crippen LogP contribution in [0.15, 0.2) is 29.2 Å². The Morgan fingerprint density at radius 3 is 2.26 bits per heavy atom. The highest BCUT2D eigenvalue weighted by Gasteiger charge is 2.61. The topological polar surface area (TPSA) is 118 Å². The number of nitrogens with zero attached hydrogens (tertiary/aromatic N) is 1. The van der Waals surface area contributed by atoms with Crippen LogP contribution in [-0.2, 0) is 24.4 Å². The largest absolute Gasteiger partial charge is 0.494 e.